The molecular weight excluding hydrogens is 326 g/mol. The summed E-state index contributed by atoms with van der Waals surface area (Å²) < 4.78 is 0. The zero-order chi connectivity index (χ0) is 18.5. The fourth-order valence-electron chi connectivity index (χ4n) is 2.83. The average Bonchev–Trinajstić information content (AvgIpc) is 3.09. The van der Waals surface area contributed by atoms with Crippen LogP contribution in [0.5, 0.6) is 0 Å². The Balaban J connectivity index is 1.66. The molecule has 2 aromatic carbocycles. The lowest BCUT2D eigenvalue weighted by Crippen LogP contribution is -2.32. The first-order chi connectivity index (χ1) is 12.6. The van der Waals surface area contributed by atoms with Gasteiger partial charge < -0.3 is 5.32 Å². The molecule has 1 heterocycles. The van der Waals surface area contributed by atoms with E-state index < -0.39 is 0 Å². The second-order valence-corrected chi connectivity index (χ2v) is 6.40. The Kier molecular flexibility index (Phi) is 5.41. The molecule has 0 saturated carbocycles. The Morgan fingerprint density at radius 3 is 2.54 bits per heavy atom. The third kappa shape index (κ3) is 4.14. The van der Waals surface area contributed by atoms with Crippen molar-refractivity contribution in [3.63, 3.8) is 0 Å². The summed E-state index contributed by atoms with van der Waals surface area (Å²) in [6.07, 6.45) is 0.814. The maximum absolute atomic E-state index is 12.4. The van der Waals surface area contributed by atoms with Gasteiger partial charge in [-0.2, -0.15) is 4.80 Å². The summed E-state index contributed by atoms with van der Waals surface area (Å²) in [6.45, 7) is 6.14. The molecule has 1 N–H and O–H groups in total. The summed E-state index contributed by atoms with van der Waals surface area (Å²) >= 11 is 0. The van der Waals surface area contributed by atoms with Gasteiger partial charge in [0.15, 0.2) is 0 Å². The van der Waals surface area contributed by atoms with E-state index in [1.807, 2.05) is 50.2 Å². The first-order valence-corrected chi connectivity index (χ1v) is 8.76. The molecule has 0 saturated heterocycles. The molecule has 0 bridgehead atoms. The monoisotopic (exact) mass is 349 g/mol. The van der Waals surface area contributed by atoms with Crippen LogP contribution in [0.2, 0.25) is 0 Å². The number of hydrogen-bond donors (Lipinski definition) is 1. The number of aryl methyl sites for hydroxylation is 2. The van der Waals surface area contributed by atoms with Gasteiger partial charge in [0.25, 0.3) is 0 Å². The van der Waals surface area contributed by atoms with Gasteiger partial charge in [0.1, 0.15) is 6.54 Å². The van der Waals surface area contributed by atoms with Crippen molar-refractivity contribution >= 4 is 5.91 Å². The summed E-state index contributed by atoms with van der Waals surface area (Å²) in [5.74, 6) is 0.396. The molecule has 6 nitrogen and oxygen atoms in total. The van der Waals surface area contributed by atoms with Crippen molar-refractivity contribution in [1.82, 2.24) is 25.5 Å². The van der Waals surface area contributed by atoms with Crippen LogP contribution in [0.3, 0.4) is 0 Å². The zero-order valence-electron chi connectivity index (χ0n) is 15.3. The summed E-state index contributed by atoms with van der Waals surface area (Å²) in [4.78, 5) is 13.7. The Morgan fingerprint density at radius 1 is 1.12 bits per heavy atom. The number of carbonyl (C=O) groups is 1. The summed E-state index contributed by atoms with van der Waals surface area (Å²) in [5.41, 5.74) is 4.29. The predicted octanol–water partition coefficient (Wildman–Crippen LogP) is 3.22. The van der Waals surface area contributed by atoms with Crippen LogP contribution < -0.4 is 5.32 Å². The molecule has 0 unspecified atom stereocenters. The van der Waals surface area contributed by atoms with E-state index in [1.54, 1.807) is 0 Å². The highest BCUT2D eigenvalue weighted by Gasteiger charge is 2.15. The Labute approximate surface area is 153 Å². The molecule has 26 heavy (non-hydrogen) atoms. The minimum Gasteiger partial charge on any atom is -0.348 e. The van der Waals surface area contributed by atoms with Crippen molar-refractivity contribution in [3.8, 4) is 11.4 Å². The second-order valence-electron chi connectivity index (χ2n) is 6.40. The smallest absolute Gasteiger partial charge is 0.244 e. The van der Waals surface area contributed by atoms with Crippen molar-refractivity contribution in [1.29, 1.82) is 0 Å². The van der Waals surface area contributed by atoms with Crippen LogP contribution in [0, 0.1) is 13.8 Å². The molecule has 1 amide bonds. The maximum atomic E-state index is 12.4. The summed E-state index contributed by atoms with van der Waals surface area (Å²) in [7, 11) is 0. The average molecular weight is 349 g/mol. The maximum Gasteiger partial charge on any atom is 0.244 e. The number of nitrogens with zero attached hydrogens (tertiary/aromatic N) is 4. The lowest BCUT2D eigenvalue weighted by molar-refractivity contribution is -0.122. The predicted molar refractivity (Wildman–Crippen MR) is 100 cm³/mol. The van der Waals surface area contributed by atoms with E-state index in [9.17, 15) is 4.79 Å². The third-order valence-electron chi connectivity index (χ3n) is 4.35. The molecular formula is C20H23N5O. The van der Waals surface area contributed by atoms with Gasteiger partial charge in [-0.25, -0.2) is 0 Å². The van der Waals surface area contributed by atoms with Gasteiger partial charge >= 0.3 is 0 Å². The summed E-state index contributed by atoms with van der Waals surface area (Å²) in [5, 5.41) is 15.5. The molecule has 0 aliphatic rings. The van der Waals surface area contributed by atoms with Gasteiger partial charge in [-0.15, -0.1) is 10.2 Å². The molecule has 3 rings (SSSR count). The number of nitrogens with one attached hydrogen (secondary N) is 1. The molecule has 3 aromatic rings. The van der Waals surface area contributed by atoms with Gasteiger partial charge in [-0.3, -0.25) is 4.79 Å². The van der Waals surface area contributed by atoms with Crippen molar-refractivity contribution in [2.24, 2.45) is 0 Å². The van der Waals surface area contributed by atoms with Gasteiger partial charge in [0.05, 0.1) is 6.04 Å². The SMILES string of the molecule is CC[C@@H](NC(=O)Cn1nnc(-c2ccccc2C)n1)c1ccc(C)cc1. The van der Waals surface area contributed by atoms with E-state index in [2.05, 4.69) is 39.8 Å². The molecule has 6 heteroatoms. The number of carbonyl (C=O) groups excluding carboxylic acids is 1. The van der Waals surface area contributed by atoms with E-state index in [0.29, 0.717) is 5.82 Å². The normalized spacial score (nSPS) is 12.0. The lowest BCUT2D eigenvalue weighted by atomic mass is 10.0. The van der Waals surface area contributed by atoms with E-state index in [1.165, 1.54) is 10.4 Å². The molecule has 0 spiro atoms. The summed E-state index contributed by atoms with van der Waals surface area (Å²) in [6, 6.07) is 16.0. The molecule has 0 radical (unpaired) electrons. The second kappa shape index (κ2) is 7.91. The molecule has 0 aliphatic heterocycles. The van der Waals surface area contributed by atoms with Crippen LogP contribution in [-0.2, 0) is 11.3 Å². The van der Waals surface area contributed by atoms with Gasteiger partial charge in [-0.1, -0.05) is 61.0 Å². The number of tetrazole rings is 1. The van der Waals surface area contributed by atoms with Crippen molar-refractivity contribution < 1.29 is 4.79 Å². The van der Waals surface area contributed by atoms with Crippen LogP contribution >= 0.6 is 0 Å². The van der Waals surface area contributed by atoms with Crippen LogP contribution in [-0.4, -0.2) is 26.1 Å². The fraction of sp³-hybridized carbons (Fsp3) is 0.300. The quantitative estimate of drug-likeness (QED) is 0.741. The number of hydrogen-bond acceptors (Lipinski definition) is 4. The first kappa shape index (κ1) is 17.8. The largest absolute Gasteiger partial charge is 0.348 e. The van der Waals surface area contributed by atoms with E-state index >= 15 is 0 Å². The topological polar surface area (TPSA) is 72.7 Å². The first-order valence-electron chi connectivity index (χ1n) is 8.76. The highest BCUT2D eigenvalue weighted by molar-refractivity contribution is 5.76. The number of amides is 1. The molecule has 1 aromatic heterocycles. The number of rotatable bonds is 6. The standard InChI is InChI=1S/C20H23N5O/c1-4-18(16-11-9-14(2)10-12-16)21-19(26)13-25-23-20(22-24-25)17-8-6-5-7-15(17)3/h5-12,18H,4,13H2,1-3H3,(H,21,26)/t18-/m1/s1. The van der Waals surface area contributed by atoms with Crippen molar-refractivity contribution in [2.75, 3.05) is 0 Å². The molecule has 0 fully saturated rings. The number of benzene rings is 2. The van der Waals surface area contributed by atoms with Gasteiger partial charge in [0, 0.05) is 5.56 Å². The Hall–Kier alpha value is -3.02. The van der Waals surface area contributed by atoms with Crippen LogP contribution in [0.1, 0.15) is 36.1 Å². The van der Waals surface area contributed by atoms with Crippen LogP contribution in [0.15, 0.2) is 48.5 Å². The zero-order valence-corrected chi connectivity index (χ0v) is 15.3. The van der Waals surface area contributed by atoms with Crippen LogP contribution in [0.4, 0.5) is 0 Å². The Bertz CT molecular complexity index is 885. The van der Waals surface area contributed by atoms with Gasteiger partial charge in [0.2, 0.25) is 11.7 Å². The van der Waals surface area contributed by atoms with Crippen molar-refractivity contribution in [2.45, 2.75) is 39.8 Å². The fourth-order valence-corrected chi connectivity index (χ4v) is 2.83. The van der Waals surface area contributed by atoms with E-state index in [0.717, 1.165) is 23.1 Å². The molecule has 1 atom stereocenters. The third-order valence-corrected chi connectivity index (χ3v) is 4.35. The highest BCUT2D eigenvalue weighted by atomic mass is 16.2. The van der Waals surface area contributed by atoms with Gasteiger partial charge in [-0.05, 0) is 36.6 Å². The Morgan fingerprint density at radius 2 is 1.85 bits per heavy atom. The van der Waals surface area contributed by atoms with Crippen molar-refractivity contribution in [3.05, 3.63) is 65.2 Å². The number of aromatic nitrogens is 4. The van der Waals surface area contributed by atoms with E-state index in [-0.39, 0.29) is 18.5 Å². The molecule has 134 valence electrons. The highest BCUT2D eigenvalue weighted by Crippen LogP contribution is 2.18. The lowest BCUT2D eigenvalue weighted by Gasteiger charge is -2.17. The minimum absolute atomic E-state index is 0.0255. The molecule has 0 aliphatic carbocycles. The van der Waals surface area contributed by atoms with Crippen LogP contribution in [0.25, 0.3) is 11.4 Å². The van der Waals surface area contributed by atoms with E-state index in [4.69, 9.17) is 0 Å². The minimum atomic E-state index is -0.133.